The number of hydrogen-bond acceptors (Lipinski definition) is 5. The largest absolute Gasteiger partial charge is 0.494 e. The van der Waals surface area contributed by atoms with Crippen molar-refractivity contribution >= 4 is 29.4 Å². The van der Waals surface area contributed by atoms with Crippen LogP contribution in [0.15, 0.2) is 66.4 Å². The Hall–Kier alpha value is -3.57. The summed E-state index contributed by atoms with van der Waals surface area (Å²) in [4.78, 5) is 25.2. The molecule has 0 aliphatic carbocycles. The fraction of sp³-hybridized carbons (Fsp3) is 0.120. The van der Waals surface area contributed by atoms with Crippen molar-refractivity contribution in [2.24, 2.45) is 0 Å². The third-order valence-electron chi connectivity index (χ3n) is 4.81. The smallest absolute Gasteiger partial charge is 0.343 e. The van der Waals surface area contributed by atoms with E-state index in [0.29, 0.717) is 39.8 Å². The second-order valence-corrected chi connectivity index (χ2v) is 7.34. The number of esters is 1. The van der Waals surface area contributed by atoms with Crippen molar-refractivity contribution in [3.05, 3.63) is 93.7 Å². The van der Waals surface area contributed by atoms with E-state index in [1.165, 1.54) is 0 Å². The van der Waals surface area contributed by atoms with Crippen LogP contribution in [-0.4, -0.2) is 18.4 Å². The molecule has 6 heteroatoms. The zero-order valence-corrected chi connectivity index (χ0v) is 17.7. The topological polar surface area (TPSA) is 61.8 Å². The molecule has 0 spiro atoms. The Balaban J connectivity index is 1.56. The molecule has 0 saturated carbocycles. The molecule has 0 aromatic heterocycles. The van der Waals surface area contributed by atoms with Gasteiger partial charge >= 0.3 is 5.97 Å². The molecule has 0 N–H and O–H groups in total. The number of carbonyl (C=O) groups is 2. The number of rotatable bonds is 5. The van der Waals surface area contributed by atoms with Gasteiger partial charge in [0.25, 0.3) is 0 Å². The predicted octanol–water partition coefficient (Wildman–Crippen LogP) is 5.88. The van der Waals surface area contributed by atoms with Crippen LogP contribution in [0.4, 0.5) is 0 Å². The second-order valence-electron chi connectivity index (χ2n) is 6.90. The summed E-state index contributed by atoms with van der Waals surface area (Å²) in [6.07, 6.45) is 1.68. The molecule has 3 aromatic rings. The number of benzene rings is 3. The van der Waals surface area contributed by atoms with Crippen LogP contribution in [0.2, 0.25) is 5.02 Å². The van der Waals surface area contributed by atoms with Crippen LogP contribution in [-0.2, 0) is 0 Å². The van der Waals surface area contributed by atoms with E-state index in [4.69, 9.17) is 25.8 Å². The fourth-order valence-electron chi connectivity index (χ4n) is 3.20. The first-order valence-electron chi connectivity index (χ1n) is 9.74. The molecule has 31 heavy (non-hydrogen) atoms. The third-order valence-corrected chi connectivity index (χ3v) is 5.06. The predicted molar refractivity (Wildman–Crippen MR) is 118 cm³/mol. The molecule has 1 aliphatic heterocycles. The first-order chi connectivity index (χ1) is 15.0. The van der Waals surface area contributed by atoms with Crippen molar-refractivity contribution in [3.63, 3.8) is 0 Å². The minimum absolute atomic E-state index is 0.212. The molecule has 0 unspecified atom stereocenters. The van der Waals surface area contributed by atoms with E-state index >= 15 is 0 Å². The monoisotopic (exact) mass is 434 g/mol. The molecule has 0 fully saturated rings. The van der Waals surface area contributed by atoms with Crippen molar-refractivity contribution in [1.29, 1.82) is 0 Å². The molecule has 156 valence electrons. The molecule has 3 aromatic carbocycles. The highest BCUT2D eigenvalue weighted by atomic mass is 35.5. The molecule has 1 heterocycles. The van der Waals surface area contributed by atoms with Gasteiger partial charge in [-0.1, -0.05) is 23.7 Å². The average molecular weight is 435 g/mol. The SMILES string of the molecule is CCOc1ccc(/C=C2\Oc3c(ccc(OC(=O)c4ccc(Cl)cc4)c3C)C2=O)cc1. The Morgan fingerprint density at radius 1 is 1.03 bits per heavy atom. The highest BCUT2D eigenvalue weighted by Crippen LogP contribution is 2.39. The Kier molecular flexibility index (Phi) is 5.78. The summed E-state index contributed by atoms with van der Waals surface area (Å²) < 4.78 is 16.8. The van der Waals surface area contributed by atoms with Gasteiger partial charge in [-0.15, -0.1) is 0 Å². The lowest BCUT2D eigenvalue weighted by molar-refractivity contribution is 0.0733. The van der Waals surface area contributed by atoms with Gasteiger partial charge in [0.05, 0.1) is 17.7 Å². The molecule has 0 radical (unpaired) electrons. The van der Waals surface area contributed by atoms with Gasteiger partial charge < -0.3 is 14.2 Å². The molecular formula is C25H19ClO5. The lowest BCUT2D eigenvalue weighted by atomic mass is 10.1. The number of fused-ring (bicyclic) bond motifs is 1. The molecule has 0 amide bonds. The molecule has 1 aliphatic rings. The zero-order chi connectivity index (χ0) is 22.0. The second kappa shape index (κ2) is 8.66. The number of hydrogen-bond donors (Lipinski definition) is 0. The molecule has 0 atom stereocenters. The maximum atomic E-state index is 12.8. The highest BCUT2D eigenvalue weighted by Gasteiger charge is 2.30. The van der Waals surface area contributed by atoms with Crippen molar-refractivity contribution in [2.45, 2.75) is 13.8 Å². The molecule has 4 rings (SSSR count). The van der Waals surface area contributed by atoms with Crippen LogP contribution in [0.1, 0.15) is 38.8 Å². The number of halogens is 1. The summed E-state index contributed by atoms with van der Waals surface area (Å²) >= 11 is 5.86. The lowest BCUT2D eigenvalue weighted by Crippen LogP contribution is -2.09. The Morgan fingerprint density at radius 2 is 1.74 bits per heavy atom. The first kappa shape index (κ1) is 20.7. The minimum Gasteiger partial charge on any atom is -0.494 e. The van der Waals surface area contributed by atoms with E-state index in [2.05, 4.69) is 0 Å². The van der Waals surface area contributed by atoms with Gasteiger partial charge in [0.1, 0.15) is 17.2 Å². The average Bonchev–Trinajstić information content (AvgIpc) is 3.08. The summed E-state index contributed by atoms with van der Waals surface area (Å²) in [7, 11) is 0. The summed E-state index contributed by atoms with van der Waals surface area (Å²) in [5, 5.41) is 0.531. The van der Waals surface area contributed by atoms with Gasteiger partial charge in [0.2, 0.25) is 5.78 Å². The van der Waals surface area contributed by atoms with Crippen LogP contribution in [0, 0.1) is 6.92 Å². The van der Waals surface area contributed by atoms with E-state index in [0.717, 1.165) is 11.3 Å². The van der Waals surface area contributed by atoms with Gasteiger partial charge in [-0.3, -0.25) is 4.79 Å². The van der Waals surface area contributed by atoms with E-state index in [1.54, 1.807) is 49.4 Å². The Morgan fingerprint density at radius 3 is 2.42 bits per heavy atom. The van der Waals surface area contributed by atoms with Crippen molar-refractivity contribution in [2.75, 3.05) is 6.61 Å². The lowest BCUT2D eigenvalue weighted by Gasteiger charge is -2.10. The highest BCUT2D eigenvalue weighted by molar-refractivity contribution is 6.30. The minimum atomic E-state index is -0.519. The summed E-state index contributed by atoms with van der Waals surface area (Å²) in [6.45, 7) is 4.25. The van der Waals surface area contributed by atoms with Crippen LogP contribution in [0.3, 0.4) is 0 Å². The van der Waals surface area contributed by atoms with Crippen LogP contribution >= 0.6 is 11.6 Å². The van der Waals surface area contributed by atoms with E-state index in [1.807, 2.05) is 31.2 Å². The molecular weight excluding hydrogens is 416 g/mol. The number of allylic oxidation sites excluding steroid dienone is 1. The fourth-order valence-corrected chi connectivity index (χ4v) is 3.33. The third kappa shape index (κ3) is 4.32. The quantitative estimate of drug-likeness (QED) is 0.285. The van der Waals surface area contributed by atoms with Gasteiger partial charge in [-0.2, -0.15) is 0 Å². The van der Waals surface area contributed by atoms with Crippen LogP contribution in [0.5, 0.6) is 17.2 Å². The standard InChI is InChI=1S/C25H19ClO5/c1-3-29-19-10-4-16(5-11-19)14-22-23(27)20-12-13-21(15(2)24(20)30-22)31-25(28)17-6-8-18(26)9-7-17/h4-14H,3H2,1-2H3/b22-14-. The van der Waals surface area contributed by atoms with E-state index in [9.17, 15) is 9.59 Å². The van der Waals surface area contributed by atoms with Crippen LogP contribution < -0.4 is 14.2 Å². The van der Waals surface area contributed by atoms with E-state index < -0.39 is 5.97 Å². The van der Waals surface area contributed by atoms with Crippen molar-refractivity contribution < 1.29 is 23.8 Å². The van der Waals surface area contributed by atoms with Gasteiger partial charge in [0, 0.05) is 10.6 Å². The molecule has 0 bridgehead atoms. The van der Waals surface area contributed by atoms with Crippen LogP contribution in [0.25, 0.3) is 6.08 Å². The van der Waals surface area contributed by atoms with Gasteiger partial charge in [-0.05, 0) is 74.0 Å². The number of ether oxygens (including phenoxy) is 3. The number of carbonyl (C=O) groups excluding carboxylic acids is 2. The van der Waals surface area contributed by atoms with Gasteiger partial charge in [-0.25, -0.2) is 4.79 Å². The molecule has 5 nitrogen and oxygen atoms in total. The first-order valence-corrected chi connectivity index (χ1v) is 10.1. The van der Waals surface area contributed by atoms with Gasteiger partial charge in [0.15, 0.2) is 5.76 Å². The summed E-state index contributed by atoms with van der Waals surface area (Å²) in [5.74, 6) is 0.951. The number of Topliss-reactive ketones (excluding diaryl/α,β-unsaturated/α-hetero) is 1. The maximum absolute atomic E-state index is 12.8. The molecule has 0 saturated heterocycles. The Bertz CT molecular complexity index is 1180. The summed E-state index contributed by atoms with van der Waals surface area (Å²) in [6, 6.07) is 17.0. The maximum Gasteiger partial charge on any atom is 0.343 e. The Labute approximate surface area is 184 Å². The number of ketones is 1. The summed E-state index contributed by atoms with van der Waals surface area (Å²) in [5.41, 5.74) is 2.19. The zero-order valence-electron chi connectivity index (χ0n) is 17.0. The van der Waals surface area contributed by atoms with Crippen molar-refractivity contribution in [1.82, 2.24) is 0 Å². The normalized spacial score (nSPS) is 13.6. The van der Waals surface area contributed by atoms with E-state index in [-0.39, 0.29) is 11.5 Å². The van der Waals surface area contributed by atoms with Crippen molar-refractivity contribution in [3.8, 4) is 17.2 Å².